The highest BCUT2D eigenvalue weighted by Crippen LogP contribution is 2.48. The first-order chi connectivity index (χ1) is 9.86. The molecule has 0 aromatic rings. The van der Waals surface area contributed by atoms with Crippen LogP contribution < -0.4 is 0 Å². The molecule has 21 heavy (non-hydrogen) atoms. The minimum atomic E-state index is -2.64. The summed E-state index contributed by atoms with van der Waals surface area (Å²) in [5, 5.41) is 0. The fourth-order valence-electron chi connectivity index (χ4n) is 2.66. The summed E-state index contributed by atoms with van der Waals surface area (Å²) in [7, 11) is 1.58. The van der Waals surface area contributed by atoms with E-state index in [9.17, 15) is 0 Å². The van der Waals surface area contributed by atoms with Crippen molar-refractivity contribution in [2.45, 2.75) is 45.2 Å². The van der Waals surface area contributed by atoms with Gasteiger partial charge in [-0.1, -0.05) is 39.8 Å². The van der Waals surface area contributed by atoms with Crippen molar-refractivity contribution in [1.82, 2.24) is 0 Å². The van der Waals surface area contributed by atoms with Gasteiger partial charge >= 0.3 is 17.1 Å². The molecule has 0 atom stereocenters. The number of allylic oxidation sites excluding steroid dienone is 2. The minimum absolute atomic E-state index is 0.357. The Balaban J connectivity index is 6.02. The van der Waals surface area contributed by atoms with E-state index in [2.05, 4.69) is 51.2 Å². The summed E-state index contributed by atoms with van der Waals surface area (Å²) >= 11 is 0. The summed E-state index contributed by atoms with van der Waals surface area (Å²) in [4.78, 5) is 0. The third-order valence-electron chi connectivity index (χ3n) is 4.10. The Kier molecular flexibility index (Phi) is 8.91. The second-order valence-electron chi connectivity index (χ2n) is 5.40. The van der Waals surface area contributed by atoms with Gasteiger partial charge in [-0.15, -0.1) is 0 Å². The van der Waals surface area contributed by atoms with Gasteiger partial charge in [0.25, 0.3) is 0 Å². The molecular weight excluding hydrogens is 300 g/mol. The zero-order chi connectivity index (χ0) is 16.6. The molecule has 0 heterocycles. The zero-order valence-corrected chi connectivity index (χ0v) is 16.9. The molecule has 0 aromatic heterocycles. The Labute approximate surface area is 132 Å². The van der Waals surface area contributed by atoms with E-state index in [0.29, 0.717) is 0 Å². The third kappa shape index (κ3) is 3.94. The molecule has 0 saturated heterocycles. The lowest BCUT2D eigenvalue weighted by molar-refractivity contribution is 0.197. The molecule has 0 radical (unpaired) electrons. The highest BCUT2D eigenvalue weighted by molar-refractivity contribution is 6.95. The van der Waals surface area contributed by atoms with E-state index in [-0.39, 0.29) is 4.66 Å². The van der Waals surface area contributed by atoms with Gasteiger partial charge in [0.05, 0.1) is 4.66 Å². The SMILES string of the molecule is CCC=C[Si](OC)(OC)C(C)(C)[Si](C=CCC)(OC)OC. The Morgan fingerprint density at radius 1 is 0.714 bits per heavy atom. The highest BCUT2D eigenvalue weighted by atomic mass is 28.4. The topological polar surface area (TPSA) is 36.9 Å². The Hall–Kier alpha value is -0.246. The van der Waals surface area contributed by atoms with Crippen LogP contribution in [0.4, 0.5) is 0 Å². The van der Waals surface area contributed by atoms with Crippen LogP contribution in [0.1, 0.15) is 40.5 Å². The molecule has 6 heteroatoms. The zero-order valence-electron chi connectivity index (χ0n) is 14.9. The number of hydrogen-bond acceptors (Lipinski definition) is 4. The maximum Gasteiger partial charge on any atom is 0.372 e. The first-order valence-electron chi connectivity index (χ1n) is 7.42. The number of hydrogen-bond donors (Lipinski definition) is 0. The molecule has 0 rings (SSSR count). The summed E-state index contributed by atoms with van der Waals surface area (Å²) in [6.45, 7) is 8.46. The molecule has 0 N–H and O–H groups in total. The Bertz CT molecular complexity index is 314. The van der Waals surface area contributed by atoms with Crippen molar-refractivity contribution in [3.8, 4) is 0 Å². The van der Waals surface area contributed by atoms with Gasteiger partial charge in [0, 0.05) is 28.4 Å². The van der Waals surface area contributed by atoms with Crippen molar-refractivity contribution < 1.29 is 17.7 Å². The molecule has 0 fully saturated rings. The van der Waals surface area contributed by atoms with Crippen molar-refractivity contribution in [2.24, 2.45) is 0 Å². The minimum Gasteiger partial charge on any atom is -0.394 e. The summed E-state index contributed by atoms with van der Waals surface area (Å²) in [6.07, 6.45) is 6.09. The molecule has 0 spiro atoms. The standard InChI is InChI=1S/C15H32O4Si2/c1-9-11-13-20(16-5,17-6)15(3,4)21(18-7,19-8)14-12-10-2/h11-14H,9-10H2,1-8H3. The quantitative estimate of drug-likeness (QED) is 0.570. The van der Waals surface area contributed by atoms with Crippen molar-refractivity contribution in [3.05, 3.63) is 23.6 Å². The largest absolute Gasteiger partial charge is 0.394 e. The number of rotatable bonds is 10. The van der Waals surface area contributed by atoms with Gasteiger partial charge in [-0.05, 0) is 24.2 Å². The lowest BCUT2D eigenvalue weighted by Gasteiger charge is -2.47. The van der Waals surface area contributed by atoms with Crippen LogP contribution in [0.2, 0.25) is 4.66 Å². The van der Waals surface area contributed by atoms with Crippen molar-refractivity contribution in [3.63, 3.8) is 0 Å². The van der Waals surface area contributed by atoms with E-state index in [0.717, 1.165) is 12.8 Å². The monoisotopic (exact) mass is 332 g/mol. The van der Waals surface area contributed by atoms with Gasteiger partial charge in [0.15, 0.2) is 0 Å². The first-order valence-corrected chi connectivity index (χ1v) is 11.2. The molecule has 0 unspecified atom stereocenters. The van der Waals surface area contributed by atoms with E-state index >= 15 is 0 Å². The Morgan fingerprint density at radius 3 is 1.19 bits per heavy atom. The van der Waals surface area contributed by atoms with Gasteiger partial charge < -0.3 is 17.7 Å². The van der Waals surface area contributed by atoms with Crippen molar-refractivity contribution >= 4 is 17.1 Å². The molecule has 0 aromatic carbocycles. The highest BCUT2D eigenvalue weighted by Gasteiger charge is 2.64. The van der Waals surface area contributed by atoms with Crippen LogP contribution in [0.15, 0.2) is 23.6 Å². The van der Waals surface area contributed by atoms with Crippen LogP contribution in [0, 0.1) is 0 Å². The van der Waals surface area contributed by atoms with Gasteiger partial charge in [-0.2, -0.15) is 0 Å². The second-order valence-corrected chi connectivity index (χ2v) is 13.4. The molecule has 0 bridgehead atoms. The summed E-state index contributed by atoms with van der Waals surface area (Å²) < 4.78 is 23.3. The maximum absolute atomic E-state index is 5.91. The van der Waals surface area contributed by atoms with Gasteiger partial charge in [-0.25, -0.2) is 0 Å². The Morgan fingerprint density at radius 2 is 1.00 bits per heavy atom. The van der Waals surface area contributed by atoms with Crippen LogP contribution in [0.3, 0.4) is 0 Å². The third-order valence-corrected chi connectivity index (χ3v) is 13.5. The molecule has 0 saturated carbocycles. The van der Waals surface area contributed by atoms with Gasteiger partial charge in [-0.3, -0.25) is 0 Å². The predicted molar refractivity (Wildman–Crippen MR) is 92.4 cm³/mol. The van der Waals surface area contributed by atoms with E-state index in [1.165, 1.54) is 0 Å². The fraction of sp³-hybridized carbons (Fsp3) is 0.733. The van der Waals surface area contributed by atoms with E-state index in [1.807, 2.05) is 0 Å². The molecule has 124 valence electrons. The maximum atomic E-state index is 5.91. The molecule has 4 nitrogen and oxygen atoms in total. The van der Waals surface area contributed by atoms with Crippen LogP contribution >= 0.6 is 0 Å². The fourth-order valence-corrected chi connectivity index (χ4v) is 11.2. The van der Waals surface area contributed by atoms with Gasteiger partial charge in [0.1, 0.15) is 0 Å². The normalized spacial score (nSPS) is 14.5. The summed E-state index contributed by atoms with van der Waals surface area (Å²) in [5.74, 6) is 0. The molecule has 0 amide bonds. The summed E-state index contributed by atoms with van der Waals surface area (Å²) in [6, 6.07) is 0. The lowest BCUT2D eigenvalue weighted by atomic mass is 10.5. The van der Waals surface area contributed by atoms with Crippen LogP contribution in [-0.4, -0.2) is 45.6 Å². The molecule has 0 aliphatic rings. The molecular formula is C15H32O4Si2. The van der Waals surface area contributed by atoms with E-state index in [4.69, 9.17) is 17.7 Å². The average molecular weight is 333 g/mol. The van der Waals surface area contributed by atoms with E-state index in [1.54, 1.807) is 28.4 Å². The van der Waals surface area contributed by atoms with Crippen LogP contribution in [0.5, 0.6) is 0 Å². The molecule has 0 aliphatic heterocycles. The predicted octanol–water partition coefficient (Wildman–Crippen LogP) is 3.79. The molecule has 0 aliphatic carbocycles. The van der Waals surface area contributed by atoms with Crippen LogP contribution in [0.25, 0.3) is 0 Å². The van der Waals surface area contributed by atoms with E-state index < -0.39 is 17.1 Å². The van der Waals surface area contributed by atoms with Crippen molar-refractivity contribution in [1.29, 1.82) is 0 Å². The first kappa shape index (κ1) is 20.8. The van der Waals surface area contributed by atoms with Gasteiger partial charge in [0.2, 0.25) is 0 Å². The van der Waals surface area contributed by atoms with Crippen LogP contribution in [-0.2, 0) is 17.7 Å². The van der Waals surface area contributed by atoms with Crippen molar-refractivity contribution in [2.75, 3.05) is 28.4 Å². The average Bonchev–Trinajstić information content (AvgIpc) is 2.50. The lowest BCUT2D eigenvalue weighted by Crippen LogP contribution is -2.63. The second kappa shape index (κ2) is 9.02. The summed E-state index contributed by atoms with van der Waals surface area (Å²) in [5.41, 5.74) is 4.21. The smallest absolute Gasteiger partial charge is 0.372 e.